The molecule has 0 aromatic rings. The summed E-state index contributed by atoms with van der Waals surface area (Å²) in [4.78, 5) is 31.5. The van der Waals surface area contributed by atoms with Crippen LogP contribution in [0.5, 0.6) is 0 Å². The summed E-state index contributed by atoms with van der Waals surface area (Å²) < 4.78 is 0. The van der Waals surface area contributed by atoms with E-state index in [2.05, 4.69) is 28.7 Å². The number of aliphatic hydroxyl groups excluding tert-OH is 1. The van der Waals surface area contributed by atoms with Gasteiger partial charge in [-0.2, -0.15) is 0 Å². The summed E-state index contributed by atoms with van der Waals surface area (Å²) in [5, 5.41) is 23.6. The molecule has 172 valence electrons. The largest absolute Gasteiger partial charge is 0.477 e. The third kappa shape index (κ3) is 4.18. The molecule has 4 aliphatic rings. The average Bonchev–Trinajstić information content (AvgIpc) is 3.26. The molecule has 4 aliphatic heterocycles. The van der Waals surface area contributed by atoms with Crippen LogP contribution in [0, 0.1) is 11.8 Å². The van der Waals surface area contributed by atoms with Crippen molar-refractivity contribution in [2.24, 2.45) is 11.8 Å². The molecule has 3 saturated heterocycles. The zero-order valence-electron chi connectivity index (χ0n) is 18.6. The average molecular weight is 451 g/mol. The van der Waals surface area contributed by atoms with E-state index in [4.69, 9.17) is 0 Å². The summed E-state index contributed by atoms with van der Waals surface area (Å²) >= 11 is 1.59. The summed E-state index contributed by atoms with van der Waals surface area (Å²) in [6, 6.07) is -0.0231. The molecular weight excluding hydrogens is 416 g/mol. The van der Waals surface area contributed by atoms with Crippen LogP contribution in [0.3, 0.4) is 0 Å². The molecule has 31 heavy (non-hydrogen) atoms. The zero-order valence-corrected chi connectivity index (χ0v) is 19.4. The molecule has 0 unspecified atom stereocenters. The number of β-lactam (4-membered cyclic amide) rings is 1. The Balaban J connectivity index is 1.39. The molecule has 9 heteroatoms. The number of piperazine rings is 1. The Morgan fingerprint density at radius 3 is 2.61 bits per heavy atom. The molecule has 4 rings (SSSR count). The Bertz CT molecular complexity index is 792. The SMILES string of the molecule is C=C(CN1CCN(C)CC1)[C@@H]1C[C@H](SC2=C(C(=O)O)N3C(=O)[C@H]([C@@H](C)O)[C@H]3[C@H]2C)CN1. The van der Waals surface area contributed by atoms with Gasteiger partial charge in [0.1, 0.15) is 5.70 Å². The lowest BCUT2D eigenvalue weighted by molar-refractivity contribution is -0.163. The van der Waals surface area contributed by atoms with Crippen LogP contribution in [-0.4, -0.2) is 107 Å². The smallest absolute Gasteiger partial charge is 0.353 e. The van der Waals surface area contributed by atoms with Crippen molar-refractivity contribution in [3.63, 3.8) is 0 Å². The van der Waals surface area contributed by atoms with Gasteiger partial charge in [0.05, 0.1) is 18.1 Å². The Morgan fingerprint density at radius 1 is 1.32 bits per heavy atom. The van der Waals surface area contributed by atoms with Crippen molar-refractivity contribution in [2.45, 2.75) is 43.7 Å². The number of aliphatic carboxylic acids is 1. The molecule has 3 N–H and O–H groups in total. The minimum absolute atomic E-state index is 0.0824. The second-order valence-electron chi connectivity index (χ2n) is 9.45. The van der Waals surface area contributed by atoms with Crippen LogP contribution in [0.4, 0.5) is 0 Å². The highest BCUT2D eigenvalue weighted by Gasteiger charge is 2.60. The third-order valence-corrected chi connectivity index (χ3v) is 8.72. The van der Waals surface area contributed by atoms with Crippen LogP contribution in [0.1, 0.15) is 20.3 Å². The van der Waals surface area contributed by atoms with Gasteiger partial charge < -0.3 is 25.3 Å². The van der Waals surface area contributed by atoms with E-state index in [1.165, 1.54) is 10.5 Å². The second kappa shape index (κ2) is 8.86. The van der Waals surface area contributed by atoms with E-state index in [0.29, 0.717) is 0 Å². The topological polar surface area (TPSA) is 96.4 Å². The maximum atomic E-state index is 12.5. The first kappa shape index (κ1) is 22.8. The number of hydrogen-bond donors (Lipinski definition) is 3. The van der Waals surface area contributed by atoms with Crippen molar-refractivity contribution in [3.8, 4) is 0 Å². The number of nitrogens with one attached hydrogen (secondary N) is 1. The third-order valence-electron chi connectivity index (χ3n) is 7.21. The van der Waals surface area contributed by atoms with E-state index in [9.17, 15) is 19.8 Å². The molecule has 0 aromatic carbocycles. The Hall–Kier alpha value is -1.39. The van der Waals surface area contributed by atoms with Crippen LogP contribution in [0.25, 0.3) is 0 Å². The van der Waals surface area contributed by atoms with E-state index >= 15 is 0 Å². The number of thioether (sulfide) groups is 1. The number of carbonyl (C=O) groups is 2. The molecule has 6 atom stereocenters. The molecular formula is C22H34N4O4S. The predicted molar refractivity (Wildman–Crippen MR) is 120 cm³/mol. The molecule has 1 amide bonds. The maximum absolute atomic E-state index is 12.5. The van der Waals surface area contributed by atoms with Gasteiger partial charge in [-0.15, -0.1) is 11.8 Å². The van der Waals surface area contributed by atoms with Gasteiger partial charge in [-0.05, 0) is 26.0 Å². The van der Waals surface area contributed by atoms with E-state index in [1.807, 2.05) is 6.92 Å². The van der Waals surface area contributed by atoms with Crippen LogP contribution >= 0.6 is 11.8 Å². The fourth-order valence-corrected chi connectivity index (χ4v) is 6.84. The van der Waals surface area contributed by atoms with Gasteiger partial charge in [0, 0.05) is 61.4 Å². The summed E-state index contributed by atoms with van der Waals surface area (Å²) in [5.74, 6) is -1.93. The highest BCUT2D eigenvalue weighted by Crippen LogP contribution is 2.51. The fourth-order valence-electron chi connectivity index (χ4n) is 5.37. The maximum Gasteiger partial charge on any atom is 0.353 e. The van der Waals surface area contributed by atoms with Crippen molar-refractivity contribution in [1.82, 2.24) is 20.0 Å². The van der Waals surface area contributed by atoms with Crippen LogP contribution in [0.2, 0.25) is 0 Å². The number of aliphatic hydroxyl groups is 1. The number of carbonyl (C=O) groups excluding carboxylic acids is 1. The molecule has 8 nitrogen and oxygen atoms in total. The summed E-state index contributed by atoms with van der Waals surface area (Å²) in [7, 11) is 2.15. The number of rotatable bonds is 7. The summed E-state index contributed by atoms with van der Waals surface area (Å²) in [6.07, 6.45) is 0.129. The number of nitrogens with zero attached hydrogens (tertiary/aromatic N) is 3. The monoisotopic (exact) mass is 450 g/mol. The van der Waals surface area contributed by atoms with E-state index in [0.717, 1.165) is 50.6 Å². The van der Waals surface area contributed by atoms with Gasteiger partial charge in [-0.3, -0.25) is 9.69 Å². The van der Waals surface area contributed by atoms with Crippen LogP contribution in [0.15, 0.2) is 22.8 Å². The summed E-state index contributed by atoms with van der Waals surface area (Å²) in [5.41, 5.74) is 1.30. The molecule has 0 saturated carbocycles. The Kier molecular flexibility index (Phi) is 6.52. The molecule has 0 radical (unpaired) electrons. The van der Waals surface area contributed by atoms with Gasteiger partial charge in [-0.1, -0.05) is 13.5 Å². The molecule has 0 spiro atoms. The quantitative estimate of drug-likeness (QED) is 0.379. The molecule has 0 aromatic heterocycles. The zero-order chi connectivity index (χ0) is 22.4. The van der Waals surface area contributed by atoms with Gasteiger partial charge in [0.2, 0.25) is 5.91 Å². The minimum atomic E-state index is -1.06. The summed E-state index contributed by atoms with van der Waals surface area (Å²) in [6.45, 7) is 13.9. The van der Waals surface area contributed by atoms with Gasteiger partial charge in [0.15, 0.2) is 0 Å². The normalized spacial score (nSPS) is 35.3. The van der Waals surface area contributed by atoms with Crippen molar-refractivity contribution in [2.75, 3.05) is 46.3 Å². The van der Waals surface area contributed by atoms with E-state index < -0.39 is 18.0 Å². The highest BCUT2D eigenvalue weighted by atomic mass is 32.2. The Morgan fingerprint density at radius 2 is 2.00 bits per heavy atom. The Labute approximate surface area is 188 Å². The lowest BCUT2D eigenvalue weighted by atomic mass is 9.79. The number of carboxylic acid groups (broad SMARTS) is 1. The van der Waals surface area contributed by atoms with E-state index in [1.54, 1.807) is 18.7 Å². The molecule has 3 fully saturated rings. The van der Waals surface area contributed by atoms with Crippen molar-refractivity contribution in [1.29, 1.82) is 0 Å². The first-order chi connectivity index (χ1) is 14.7. The lowest BCUT2D eigenvalue weighted by Gasteiger charge is -2.46. The van der Waals surface area contributed by atoms with Gasteiger partial charge in [-0.25, -0.2) is 4.79 Å². The van der Waals surface area contributed by atoms with Crippen molar-refractivity contribution >= 4 is 23.6 Å². The van der Waals surface area contributed by atoms with Crippen molar-refractivity contribution in [3.05, 3.63) is 22.8 Å². The van der Waals surface area contributed by atoms with Gasteiger partial charge in [0.25, 0.3) is 0 Å². The molecule has 0 bridgehead atoms. The first-order valence-corrected chi connectivity index (χ1v) is 12.0. The number of amides is 1. The molecule has 4 heterocycles. The fraction of sp³-hybridized carbons (Fsp3) is 0.727. The van der Waals surface area contributed by atoms with E-state index in [-0.39, 0.29) is 34.9 Å². The van der Waals surface area contributed by atoms with Crippen molar-refractivity contribution < 1.29 is 19.8 Å². The highest BCUT2D eigenvalue weighted by molar-refractivity contribution is 8.03. The number of carboxylic acids is 1. The standard InChI is InChI=1S/C22H34N4O4S/c1-12(11-25-7-5-24(4)6-8-25)16-9-15(10-23-16)31-20-13(2)18-17(14(3)27)21(28)26(18)19(20)22(29)30/h13-18,23,27H,1,5-11H2,2-4H3,(H,29,30)/t13-,14-,15+,16+,17-,18-/m1/s1. The number of fused-ring (bicyclic) bond motifs is 1. The second-order valence-corrected chi connectivity index (χ2v) is 10.8. The lowest BCUT2D eigenvalue weighted by Crippen LogP contribution is -2.63. The predicted octanol–water partition coefficient (Wildman–Crippen LogP) is 0.407. The minimum Gasteiger partial charge on any atom is -0.477 e. The molecule has 0 aliphatic carbocycles. The van der Waals surface area contributed by atoms with Crippen LogP contribution in [-0.2, 0) is 9.59 Å². The number of hydrogen-bond acceptors (Lipinski definition) is 7. The van der Waals surface area contributed by atoms with Gasteiger partial charge >= 0.3 is 5.97 Å². The van der Waals surface area contributed by atoms with Crippen LogP contribution < -0.4 is 5.32 Å². The number of likely N-dealkylation sites (N-methyl/N-ethyl adjacent to an activating group) is 1. The first-order valence-electron chi connectivity index (χ1n) is 11.2.